The molecule has 224 valence electrons. The molecule has 3 atom stereocenters. The Hall–Kier alpha value is -3.35. The van der Waals surface area contributed by atoms with Crippen molar-refractivity contribution >= 4 is 29.4 Å². The molecule has 41 heavy (non-hydrogen) atoms. The van der Waals surface area contributed by atoms with E-state index in [1.165, 1.54) is 0 Å². The number of hydrogen-bond donors (Lipinski definition) is 4. The number of ketones is 1. The van der Waals surface area contributed by atoms with Crippen LogP contribution in [0.5, 0.6) is 0 Å². The number of rotatable bonds is 14. The highest BCUT2D eigenvalue weighted by Gasteiger charge is 2.50. The molecule has 3 unspecified atom stereocenters. The first-order chi connectivity index (χ1) is 19.6. The summed E-state index contributed by atoms with van der Waals surface area (Å²) in [5.74, 6) is -1.74. The largest absolute Gasteiger partial charge is 0.379 e. The van der Waals surface area contributed by atoms with Crippen molar-refractivity contribution < 1.29 is 33.4 Å². The van der Waals surface area contributed by atoms with Gasteiger partial charge in [-0.25, -0.2) is 0 Å². The molecule has 0 aromatic heterocycles. The highest BCUT2D eigenvalue weighted by molar-refractivity contribution is 5.98. The van der Waals surface area contributed by atoms with E-state index in [9.17, 15) is 24.0 Å². The molecule has 1 aromatic rings. The number of primary amides is 1. The van der Waals surface area contributed by atoms with Crippen LogP contribution in [0.1, 0.15) is 54.9 Å². The van der Waals surface area contributed by atoms with Crippen molar-refractivity contribution in [2.45, 2.75) is 63.1 Å². The zero-order chi connectivity index (χ0) is 29.4. The number of carbonyl (C=O) groups is 5. The lowest BCUT2D eigenvalue weighted by Crippen LogP contribution is -2.55. The Balaban J connectivity index is 1.41. The summed E-state index contributed by atoms with van der Waals surface area (Å²) in [6.07, 6.45) is 4.85. The van der Waals surface area contributed by atoms with E-state index in [2.05, 4.69) is 16.0 Å². The number of ether oxygens (including phenoxy) is 2. The van der Waals surface area contributed by atoms with Gasteiger partial charge in [0, 0.05) is 25.1 Å². The van der Waals surface area contributed by atoms with Gasteiger partial charge in [0.1, 0.15) is 11.6 Å². The molecule has 2 heterocycles. The third-order valence-electron chi connectivity index (χ3n) is 8.02. The monoisotopic (exact) mass is 571 g/mol. The maximum absolute atomic E-state index is 13.6. The van der Waals surface area contributed by atoms with Crippen molar-refractivity contribution in [3.63, 3.8) is 0 Å². The number of hydrogen-bond acceptors (Lipinski definition) is 8. The molecule has 1 aromatic carbocycles. The van der Waals surface area contributed by atoms with E-state index in [0.29, 0.717) is 56.4 Å². The lowest BCUT2D eigenvalue weighted by molar-refractivity contribution is -0.133. The third kappa shape index (κ3) is 9.07. The van der Waals surface area contributed by atoms with Crippen molar-refractivity contribution in [3.05, 3.63) is 35.4 Å². The lowest BCUT2D eigenvalue weighted by atomic mass is 9.90. The SMILES string of the molecule is CC1(C(=O)C(CC2CCCC2)NC(=O)C(Cc2ccc(C(N)=O)cc2)NC(=O)CNC(=O)CN2CCOCC2)CO1. The number of nitrogens with one attached hydrogen (secondary N) is 3. The molecule has 12 heteroatoms. The number of epoxide rings is 1. The Morgan fingerprint density at radius 1 is 1.00 bits per heavy atom. The van der Waals surface area contributed by atoms with E-state index in [0.717, 1.165) is 25.7 Å². The van der Waals surface area contributed by atoms with Gasteiger partial charge in [-0.2, -0.15) is 0 Å². The topological polar surface area (TPSA) is 172 Å². The maximum Gasteiger partial charge on any atom is 0.248 e. The Morgan fingerprint density at radius 3 is 2.27 bits per heavy atom. The maximum atomic E-state index is 13.6. The van der Waals surface area contributed by atoms with Gasteiger partial charge in [-0.05, 0) is 37.0 Å². The predicted octanol–water partition coefficient (Wildman–Crippen LogP) is -0.316. The van der Waals surface area contributed by atoms with Crippen LogP contribution in [0.4, 0.5) is 0 Å². The van der Waals surface area contributed by atoms with Crippen molar-refractivity contribution in [1.82, 2.24) is 20.9 Å². The van der Waals surface area contributed by atoms with Crippen LogP contribution in [0, 0.1) is 5.92 Å². The van der Waals surface area contributed by atoms with Crippen LogP contribution in [-0.4, -0.2) is 98.0 Å². The van der Waals surface area contributed by atoms with Gasteiger partial charge in [0.05, 0.1) is 39.0 Å². The summed E-state index contributed by atoms with van der Waals surface area (Å²) in [6, 6.07) is 4.68. The molecule has 2 saturated heterocycles. The van der Waals surface area contributed by atoms with Crippen LogP contribution >= 0.6 is 0 Å². The highest BCUT2D eigenvalue weighted by atomic mass is 16.6. The van der Waals surface area contributed by atoms with Crippen LogP contribution in [0.3, 0.4) is 0 Å². The van der Waals surface area contributed by atoms with Crippen LogP contribution in [0.2, 0.25) is 0 Å². The van der Waals surface area contributed by atoms with Gasteiger partial charge in [-0.1, -0.05) is 37.8 Å². The Kier molecular flexibility index (Phi) is 10.5. The normalized spacial score (nSPS) is 22.4. The molecule has 2 aliphatic heterocycles. The van der Waals surface area contributed by atoms with E-state index in [4.69, 9.17) is 15.2 Å². The summed E-state index contributed by atoms with van der Waals surface area (Å²) < 4.78 is 10.7. The van der Waals surface area contributed by atoms with Crippen molar-refractivity contribution in [3.8, 4) is 0 Å². The van der Waals surface area contributed by atoms with Crippen molar-refractivity contribution in [2.75, 3.05) is 46.0 Å². The number of carbonyl (C=O) groups excluding carboxylic acids is 5. The van der Waals surface area contributed by atoms with Crippen LogP contribution in [0.25, 0.3) is 0 Å². The van der Waals surface area contributed by atoms with Crippen molar-refractivity contribution in [2.24, 2.45) is 11.7 Å². The fourth-order valence-corrected chi connectivity index (χ4v) is 5.39. The summed E-state index contributed by atoms with van der Waals surface area (Å²) in [5.41, 5.74) is 5.45. The number of benzene rings is 1. The van der Waals surface area contributed by atoms with Gasteiger partial charge < -0.3 is 31.2 Å². The fraction of sp³-hybridized carbons (Fsp3) is 0.621. The summed E-state index contributed by atoms with van der Waals surface area (Å²) in [7, 11) is 0. The minimum atomic E-state index is -1.02. The van der Waals surface area contributed by atoms with E-state index >= 15 is 0 Å². The molecule has 1 aliphatic carbocycles. The minimum absolute atomic E-state index is 0.108. The quantitative estimate of drug-likeness (QED) is 0.220. The zero-order valence-corrected chi connectivity index (χ0v) is 23.6. The summed E-state index contributed by atoms with van der Waals surface area (Å²) in [5, 5.41) is 8.23. The molecule has 3 aliphatic rings. The smallest absolute Gasteiger partial charge is 0.248 e. The second kappa shape index (κ2) is 14.0. The number of Topliss-reactive ketones (excluding diaryl/α,β-unsaturated/α-hetero) is 1. The lowest BCUT2D eigenvalue weighted by Gasteiger charge is -2.26. The fourth-order valence-electron chi connectivity index (χ4n) is 5.39. The average molecular weight is 572 g/mol. The molecular formula is C29H41N5O7. The first-order valence-corrected chi connectivity index (χ1v) is 14.4. The second-order valence-electron chi connectivity index (χ2n) is 11.4. The van der Waals surface area contributed by atoms with Gasteiger partial charge in [0.15, 0.2) is 5.78 Å². The highest BCUT2D eigenvalue weighted by Crippen LogP contribution is 2.33. The van der Waals surface area contributed by atoms with Crippen LogP contribution in [-0.2, 0) is 35.1 Å². The van der Waals surface area contributed by atoms with Crippen LogP contribution < -0.4 is 21.7 Å². The Morgan fingerprint density at radius 2 is 1.66 bits per heavy atom. The number of nitrogens with two attached hydrogens (primary N) is 1. The number of morpholine rings is 1. The molecule has 12 nitrogen and oxygen atoms in total. The zero-order valence-electron chi connectivity index (χ0n) is 23.6. The Labute approximate surface area is 240 Å². The van der Waals surface area contributed by atoms with Gasteiger partial charge >= 0.3 is 0 Å². The van der Waals surface area contributed by atoms with E-state index in [1.54, 1.807) is 31.2 Å². The average Bonchev–Trinajstić information content (AvgIpc) is 3.50. The van der Waals surface area contributed by atoms with Crippen LogP contribution in [0.15, 0.2) is 24.3 Å². The first-order valence-electron chi connectivity index (χ1n) is 14.4. The van der Waals surface area contributed by atoms with E-state index in [1.807, 2.05) is 4.90 Å². The van der Waals surface area contributed by atoms with Gasteiger partial charge in [0.2, 0.25) is 23.6 Å². The molecular weight excluding hydrogens is 530 g/mol. The summed E-state index contributed by atoms with van der Waals surface area (Å²) in [6.45, 7) is 4.29. The molecule has 4 amide bonds. The number of amides is 4. The third-order valence-corrected chi connectivity index (χ3v) is 8.02. The van der Waals surface area contributed by atoms with Gasteiger partial charge in [0.25, 0.3) is 0 Å². The molecule has 0 bridgehead atoms. The molecule has 5 N–H and O–H groups in total. The molecule has 1 saturated carbocycles. The van der Waals surface area contributed by atoms with Gasteiger partial charge in [-0.15, -0.1) is 0 Å². The van der Waals surface area contributed by atoms with Gasteiger partial charge in [-0.3, -0.25) is 28.9 Å². The molecule has 4 rings (SSSR count). The van der Waals surface area contributed by atoms with E-state index < -0.39 is 35.4 Å². The second-order valence-corrected chi connectivity index (χ2v) is 11.4. The van der Waals surface area contributed by atoms with E-state index in [-0.39, 0.29) is 31.2 Å². The first kappa shape index (κ1) is 30.6. The number of nitrogens with zero attached hydrogens (tertiary/aromatic N) is 1. The molecule has 3 fully saturated rings. The molecule has 0 spiro atoms. The molecule has 0 radical (unpaired) electrons. The Bertz CT molecular complexity index is 1110. The van der Waals surface area contributed by atoms with Crippen molar-refractivity contribution in [1.29, 1.82) is 0 Å². The summed E-state index contributed by atoms with van der Waals surface area (Å²) in [4.78, 5) is 65.5. The minimum Gasteiger partial charge on any atom is -0.379 e. The standard InChI is InChI=1S/C29H41N5O7/c1-29(18-41-29)26(37)22(14-19-4-2-3-5-19)33-28(39)23(15-20-6-8-21(9-7-20)27(30)38)32-24(35)16-31-25(36)17-34-10-12-40-13-11-34/h6-9,19,22-23H,2-5,10-18H2,1H3,(H2,30,38)(H,31,36)(H,32,35)(H,33,39). The summed E-state index contributed by atoms with van der Waals surface area (Å²) >= 11 is 0. The predicted molar refractivity (Wildman–Crippen MR) is 149 cm³/mol.